The van der Waals surface area contributed by atoms with E-state index in [-0.39, 0.29) is 18.0 Å². The summed E-state index contributed by atoms with van der Waals surface area (Å²) in [4.78, 5) is 26.7. The van der Waals surface area contributed by atoms with E-state index in [1.807, 2.05) is 0 Å². The van der Waals surface area contributed by atoms with Crippen LogP contribution in [-0.4, -0.2) is 23.4 Å². The third-order valence-electron chi connectivity index (χ3n) is 2.56. The highest BCUT2D eigenvalue weighted by Crippen LogP contribution is 2.27. The van der Waals surface area contributed by atoms with E-state index in [2.05, 4.69) is 10.3 Å². The van der Waals surface area contributed by atoms with E-state index in [0.717, 1.165) is 0 Å². The van der Waals surface area contributed by atoms with Crippen LogP contribution in [0.25, 0.3) is 0 Å². The maximum absolute atomic E-state index is 11.8. The van der Waals surface area contributed by atoms with Crippen LogP contribution in [0.5, 0.6) is 5.75 Å². The molecule has 0 radical (unpaired) electrons. The molecule has 8 heteroatoms. The lowest BCUT2D eigenvalue weighted by atomic mass is 10.2. The molecule has 0 saturated heterocycles. The first-order valence-corrected chi connectivity index (χ1v) is 6.85. The molecule has 1 aromatic carbocycles. The Morgan fingerprint density at radius 1 is 1.23 bits per heavy atom. The molecule has 0 aliphatic rings. The van der Waals surface area contributed by atoms with Gasteiger partial charge in [0.15, 0.2) is 6.61 Å². The number of nitrogens with one attached hydrogen (secondary N) is 1. The van der Waals surface area contributed by atoms with Crippen LogP contribution in [0.1, 0.15) is 10.4 Å². The van der Waals surface area contributed by atoms with Gasteiger partial charge in [0.2, 0.25) is 5.91 Å². The van der Waals surface area contributed by atoms with Crippen molar-refractivity contribution >= 4 is 40.8 Å². The number of aromatic nitrogens is 1. The Labute approximate surface area is 136 Å². The largest absolute Gasteiger partial charge is 0.482 e. The first-order chi connectivity index (χ1) is 10.5. The van der Waals surface area contributed by atoms with Crippen LogP contribution in [0.15, 0.2) is 36.5 Å². The van der Waals surface area contributed by atoms with E-state index >= 15 is 0 Å². The van der Waals surface area contributed by atoms with Crippen LogP contribution < -0.4 is 15.8 Å². The normalized spacial score (nSPS) is 10.1. The molecule has 0 bridgehead atoms. The average molecular weight is 340 g/mol. The molecular formula is C14H11Cl2N3O3. The number of rotatable bonds is 5. The van der Waals surface area contributed by atoms with E-state index in [0.29, 0.717) is 15.8 Å². The van der Waals surface area contributed by atoms with Crippen LogP contribution in [-0.2, 0) is 4.79 Å². The van der Waals surface area contributed by atoms with Crippen LogP contribution in [0.2, 0.25) is 10.0 Å². The molecule has 1 heterocycles. The smallest absolute Gasteiger partial charge is 0.263 e. The Balaban J connectivity index is 1.95. The van der Waals surface area contributed by atoms with Crippen molar-refractivity contribution in [2.75, 3.05) is 11.9 Å². The number of hydrogen-bond acceptors (Lipinski definition) is 4. The highest BCUT2D eigenvalue weighted by atomic mass is 35.5. The van der Waals surface area contributed by atoms with Gasteiger partial charge in [-0.25, -0.2) is 4.98 Å². The molecule has 2 rings (SSSR count). The van der Waals surface area contributed by atoms with Crippen molar-refractivity contribution in [1.82, 2.24) is 4.98 Å². The third-order valence-corrected chi connectivity index (χ3v) is 3.10. The van der Waals surface area contributed by atoms with Gasteiger partial charge >= 0.3 is 0 Å². The molecule has 0 atom stereocenters. The number of nitrogens with zero attached hydrogens (tertiary/aromatic N) is 1. The van der Waals surface area contributed by atoms with Crippen molar-refractivity contribution in [2.45, 2.75) is 0 Å². The fraction of sp³-hybridized carbons (Fsp3) is 0.0714. The van der Waals surface area contributed by atoms with Gasteiger partial charge in [0.25, 0.3) is 5.91 Å². The summed E-state index contributed by atoms with van der Waals surface area (Å²) in [6, 6.07) is 7.48. The lowest BCUT2D eigenvalue weighted by Gasteiger charge is -2.09. The van der Waals surface area contributed by atoms with Crippen molar-refractivity contribution in [3.8, 4) is 5.75 Å². The number of pyridine rings is 1. The van der Waals surface area contributed by atoms with Crippen LogP contribution in [0.4, 0.5) is 5.82 Å². The second-order valence-corrected chi connectivity index (χ2v) is 5.05. The average Bonchev–Trinajstić information content (AvgIpc) is 2.46. The van der Waals surface area contributed by atoms with E-state index in [1.165, 1.54) is 24.4 Å². The van der Waals surface area contributed by atoms with Gasteiger partial charge in [0.05, 0.1) is 5.02 Å². The molecule has 2 aromatic rings. The summed E-state index contributed by atoms with van der Waals surface area (Å²) in [5, 5.41) is 3.25. The molecule has 0 spiro atoms. The summed E-state index contributed by atoms with van der Waals surface area (Å²) >= 11 is 11.7. The number of primary amides is 1. The van der Waals surface area contributed by atoms with E-state index in [9.17, 15) is 9.59 Å². The Hall–Kier alpha value is -2.31. The zero-order valence-electron chi connectivity index (χ0n) is 11.2. The van der Waals surface area contributed by atoms with Crippen molar-refractivity contribution < 1.29 is 14.3 Å². The van der Waals surface area contributed by atoms with Crippen molar-refractivity contribution in [3.05, 3.63) is 52.1 Å². The minimum absolute atomic E-state index is 0.201. The zero-order valence-corrected chi connectivity index (χ0v) is 12.7. The van der Waals surface area contributed by atoms with E-state index < -0.39 is 11.8 Å². The van der Waals surface area contributed by atoms with Gasteiger partial charge in [-0.05, 0) is 30.3 Å². The predicted molar refractivity (Wildman–Crippen MR) is 83.3 cm³/mol. The number of ether oxygens (including phenoxy) is 1. The van der Waals surface area contributed by atoms with Gasteiger partial charge in [0.1, 0.15) is 11.6 Å². The lowest BCUT2D eigenvalue weighted by molar-refractivity contribution is -0.118. The van der Waals surface area contributed by atoms with Gasteiger partial charge in [-0.1, -0.05) is 23.2 Å². The Bertz CT molecular complexity index is 722. The minimum Gasteiger partial charge on any atom is -0.482 e. The number of anilines is 1. The molecule has 0 fully saturated rings. The topological polar surface area (TPSA) is 94.3 Å². The van der Waals surface area contributed by atoms with Crippen molar-refractivity contribution in [1.29, 1.82) is 0 Å². The lowest BCUT2D eigenvalue weighted by Crippen LogP contribution is -2.21. The minimum atomic E-state index is -0.609. The number of nitrogens with two attached hydrogens (primary N) is 1. The second kappa shape index (κ2) is 7.11. The van der Waals surface area contributed by atoms with Gasteiger partial charge in [-0.15, -0.1) is 0 Å². The highest BCUT2D eigenvalue weighted by Gasteiger charge is 2.09. The molecule has 22 heavy (non-hydrogen) atoms. The molecule has 0 aliphatic heterocycles. The summed E-state index contributed by atoms with van der Waals surface area (Å²) in [5.41, 5.74) is 5.39. The van der Waals surface area contributed by atoms with Crippen molar-refractivity contribution in [3.63, 3.8) is 0 Å². The third kappa shape index (κ3) is 4.34. The van der Waals surface area contributed by atoms with E-state index in [4.69, 9.17) is 33.7 Å². The van der Waals surface area contributed by atoms with Gasteiger partial charge in [-0.2, -0.15) is 0 Å². The molecule has 6 nitrogen and oxygen atoms in total. The Morgan fingerprint density at radius 3 is 2.68 bits per heavy atom. The molecule has 0 saturated carbocycles. The van der Waals surface area contributed by atoms with Crippen LogP contribution in [0, 0.1) is 0 Å². The monoisotopic (exact) mass is 339 g/mol. The molecule has 0 unspecified atom stereocenters. The summed E-state index contributed by atoms with van der Waals surface area (Å²) < 4.78 is 5.28. The standard InChI is InChI=1S/C14H11Cl2N3O3/c15-9-1-2-11(10(16)6-9)22-7-13(20)19-12-5-8(14(17)21)3-4-18-12/h1-6H,7H2,(H2,17,21)(H,18,19,20). The number of hydrogen-bond donors (Lipinski definition) is 2. The summed E-state index contributed by atoms with van der Waals surface area (Å²) in [7, 11) is 0. The number of amides is 2. The summed E-state index contributed by atoms with van der Waals surface area (Å²) in [6.45, 7) is -0.274. The Kier molecular flexibility index (Phi) is 5.19. The SMILES string of the molecule is NC(=O)c1ccnc(NC(=O)COc2ccc(Cl)cc2Cl)c1. The second-order valence-electron chi connectivity index (χ2n) is 4.21. The maximum atomic E-state index is 11.8. The fourth-order valence-electron chi connectivity index (χ4n) is 1.57. The Morgan fingerprint density at radius 2 is 2.00 bits per heavy atom. The molecule has 2 amide bonds. The molecular weight excluding hydrogens is 329 g/mol. The molecule has 1 aromatic heterocycles. The fourth-order valence-corrected chi connectivity index (χ4v) is 2.03. The van der Waals surface area contributed by atoms with Gasteiger partial charge in [-0.3, -0.25) is 9.59 Å². The quantitative estimate of drug-likeness (QED) is 0.874. The number of carbonyl (C=O) groups excluding carboxylic acids is 2. The molecule has 0 aliphatic carbocycles. The van der Waals surface area contributed by atoms with E-state index in [1.54, 1.807) is 12.1 Å². The van der Waals surface area contributed by atoms with Gasteiger partial charge in [0, 0.05) is 16.8 Å². The number of benzene rings is 1. The highest BCUT2D eigenvalue weighted by molar-refractivity contribution is 6.35. The zero-order chi connectivity index (χ0) is 16.1. The summed E-state index contributed by atoms with van der Waals surface area (Å²) in [5.74, 6) is -0.533. The first-order valence-electron chi connectivity index (χ1n) is 6.09. The predicted octanol–water partition coefficient (Wildman–Crippen LogP) is 2.50. The number of halogens is 2. The molecule has 114 valence electrons. The van der Waals surface area contributed by atoms with Crippen molar-refractivity contribution in [2.24, 2.45) is 5.73 Å². The van der Waals surface area contributed by atoms with Crippen LogP contribution >= 0.6 is 23.2 Å². The van der Waals surface area contributed by atoms with Gasteiger partial charge < -0.3 is 15.8 Å². The molecule has 3 N–H and O–H groups in total. The van der Waals surface area contributed by atoms with Crippen LogP contribution in [0.3, 0.4) is 0 Å². The summed E-state index contributed by atoms with van der Waals surface area (Å²) in [6.07, 6.45) is 1.37. The first kappa shape index (κ1) is 16.1. The maximum Gasteiger partial charge on any atom is 0.263 e. The number of carbonyl (C=O) groups is 2.